The normalized spacial score (nSPS) is 19.2. The topological polar surface area (TPSA) is 56.8 Å². The number of hydrogen-bond acceptors (Lipinski definition) is 5. The van der Waals surface area contributed by atoms with Crippen molar-refractivity contribution >= 4 is 5.97 Å². The van der Waals surface area contributed by atoms with Crippen LogP contribution in [0.2, 0.25) is 0 Å². The summed E-state index contributed by atoms with van der Waals surface area (Å²) < 4.78 is 15.0. The van der Waals surface area contributed by atoms with Gasteiger partial charge in [0.05, 0.1) is 20.3 Å². The average Bonchev–Trinajstić information content (AvgIpc) is 3.11. The Hall–Kier alpha value is -0.650. The Balaban J connectivity index is 2.66. The first-order valence-corrected chi connectivity index (χ1v) is 5.52. The van der Waals surface area contributed by atoms with E-state index in [0.29, 0.717) is 25.7 Å². The number of ether oxygens (including phenoxy) is 3. The second-order valence-corrected chi connectivity index (χ2v) is 4.09. The zero-order chi connectivity index (χ0) is 12.0. The summed E-state index contributed by atoms with van der Waals surface area (Å²) in [4.78, 5) is 11.9. The van der Waals surface area contributed by atoms with Crippen LogP contribution in [0.4, 0.5) is 0 Å². The Labute approximate surface area is 96.4 Å². The maximum Gasteiger partial charge on any atom is 0.328 e. The predicted molar refractivity (Wildman–Crippen MR) is 59.2 cm³/mol. The number of esters is 1. The van der Waals surface area contributed by atoms with Gasteiger partial charge < -0.3 is 14.2 Å². The lowest BCUT2D eigenvalue weighted by Gasteiger charge is -2.31. The predicted octanol–water partition coefficient (Wildman–Crippen LogP) is 0.191. The average molecular weight is 231 g/mol. The molecule has 0 bridgehead atoms. The zero-order valence-electron chi connectivity index (χ0n) is 10.2. The molecule has 0 aromatic rings. The quantitative estimate of drug-likeness (QED) is 0.477. The third kappa shape index (κ3) is 2.93. The van der Waals surface area contributed by atoms with Crippen LogP contribution in [0, 0.1) is 5.92 Å². The first-order chi connectivity index (χ1) is 7.71. The van der Waals surface area contributed by atoms with E-state index in [1.807, 2.05) is 0 Å². The van der Waals surface area contributed by atoms with E-state index in [0.717, 1.165) is 12.8 Å². The SMILES string of the molecule is COCCNC(COC)(C(=O)OC)C1CC1. The maximum atomic E-state index is 11.9. The minimum Gasteiger partial charge on any atom is -0.468 e. The largest absolute Gasteiger partial charge is 0.468 e. The van der Waals surface area contributed by atoms with Gasteiger partial charge in [0, 0.05) is 20.8 Å². The molecule has 5 nitrogen and oxygen atoms in total. The molecule has 1 rings (SSSR count). The van der Waals surface area contributed by atoms with E-state index >= 15 is 0 Å². The summed E-state index contributed by atoms with van der Waals surface area (Å²) in [5.74, 6) is 0.0738. The Morgan fingerprint density at radius 3 is 2.44 bits per heavy atom. The third-order valence-electron chi connectivity index (χ3n) is 2.94. The number of rotatable bonds is 8. The molecular formula is C11H21NO4. The minimum atomic E-state index is -0.692. The number of hydrogen-bond donors (Lipinski definition) is 1. The summed E-state index contributed by atoms with van der Waals surface area (Å²) in [6.45, 7) is 1.52. The standard InChI is InChI=1S/C11H21NO4/c1-14-7-6-12-11(8-15-2,9-4-5-9)10(13)16-3/h9,12H,4-8H2,1-3H3. The molecule has 1 aliphatic carbocycles. The highest BCUT2D eigenvalue weighted by molar-refractivity contribution is 5.82. The van der Waals surface area contributed by atoms with Crippen molar-refractivity contribution in [1.29, 1.82) is 0 Å². The number of carbonyl (C=O) groups is 1. The molecule has 1 atom stereocenters. The first kappa shape index (κ1) is 13.4. The number of methoxy groups -OCH3 is 3. The van der Waals surface area contributed by atoms with Crippen LogP contribution in [0.15, 0.2) is 0 Å². The van der Waals surface area contributed by atoms with Gasteiger partial charge in [0.2, 0.25) is 0 Å². The van der Waals surface area contributed by atoms with Crippen molar-refractivity contribution in [3.63, 3.8) is 0 Å². The lowest BCUT2D eigenvalue weighted by Crippen LogP contribution is -2.58. The Kier molecular flexibility index (Phi) is 5.18. The van der Waals surface area contributed by atoms with E-state index in [-0.39, 0.29) is 5.97 Å². The molecule has 1 unspecified atom stereocenters. The van der Waals surface area contributed by atoms with Crippen LogP contribution in [0.25, 0.3) is 0 Å². The van der Waals surface area contributed by atoms with Gasteiger partial charge in [-0.05, 0) is 18.8 Å². The van der Waals surface area contributed by atoms with Gasteiger partial charge in [0.1, 0.15) is 5.54 Å². The summed E-state index contributed by atoms with van der Waals surface area (Å²) in [5, 5.41) is 3.22. The van der Waals surface area contributed by atoms with Crippen LogP contribution in [0.1, 0.15) is 12.8 Å². The lowest BCUT2D eigenvalue weighted by molar-refractivity contribution is -0.152. The minimum absolute atomic E-state index is 0.243. The fraction of sp³-hybridized carbons (Fsp3) is 0.909. The van der Waals surface area contributed by atoms with Crippen molar-refractivity contribution in [3.8, 4) is 0 Å². The van der Waals surface area contributed by atoms with Gasteiger partial charge in [-0.25, -0.2) is 4.79 Å². The monoisotopic (exact) mass is 231 g/mol. The van der Waals surface area contributed by atoms with Crippen LogP contribution in [-0.4, -0.2) is 52.6 Å². The van der Waals surface area contributed by atoms with Crippen molar-refractivity contribution in [2.24, 2.45) is 5.92 Å². The van der Waals surface area contributed by atoms with Gasteiger partial charge in [-0.2, -0.15) is 0 Å². The summed E-state index contributed by atoms with van der Waals surface area (Å²) >= 11 is 0. The van der Waals surface area contributed by atoms with Crippen molar-refractivity contribution in [3.05, 3.63) is 0 Å². The van der Waals surface area contributed by atoms with E-state index in [1.54, 1.807) is 14.2 Å². The molecule has 0 aliphatic heterocycles. The summed E-state index contributed by atoms with van der Waals surface area (Å²) in [6.07, 6.45) is 2.08. The van der Waals surface area contributed by atoms with E-state index < -0.39 is 5.54 Å². The molecule has 1 N–H and O–H groups in total. The Bertz CT molecular complexity index is 230. The fourth-order valence-corrected chi connectivity index (χ4v) is 1.97. The van der Waals surface area contributed by atoms with E-state index in [4.69, 9.17) is 14.2 Å². The van der Waals surface area contributed by atoms with E-state index in [9.17, 15) is 4.79 Å². The highest BCUT2D eigenvalue weighted by Crippen LogP contribution is 2.40. The smallest absolute Gasteiger partial charge is 0.328 e. The lowest BCUT2D eigenvalue weighted by atomic mass is 9.94. The van der Waals surface area contributed by atoms with Gasteiger partial charge >= 0.3 is 5.97 Å². The number of carbonyl (C=O) groups excluding carboxylic acids is 1. The van der Waals surface area contributed by atoms with Gasteiger partial charge in [0.15, 0.2) is 0 Å². The maximum absolute atomic E-state index is 11.9. The van der Waals surface area contributed by atoms with Crippen LogP contribution in [0.5, 0.6) is 0 Å². The molecule has 0 heterocycles. The van der Waals surface area contributed by atoms with Crippen LogP contribution >= 0.6 is 0 Å². The van der Waals surface area contributed by atoms with Gasteiger partial charge in [0.25, 0.3) is 0 Å². The molecule has 0 spiro atoms. The molecule has 5 heteroatoms. The molecule has 0 radical (unpaired) electrons. The van der Waals surface area contributed by atoms with E-state index in [1.165, 1.54) is 7.11 Å². The van der Waals surface area contributed by atoms with Crippen LogP contribution in [-0.2, 0) is 19.0 Å². The second kappa shape index (κ2) is 6.18. The zero-order valence-corrected chi connectivity index (χ0v) is 10.2. The molecule has 0 aromatic carbocycles. The molecule has 16 heavy (non-hydrogen) atoms. The van der Waals surface area contributed by atoms with Crippen molar-refractivity contribution in [2.75, 3.05) is 41.1 Å². The van der Waals surface area contributed by atoms with Gasteiger partial charge in [-0.15, -0.1) is 0 Å². The Morgan fingerprint density at radius 2 is 2.00 bits per heavy atom. The van der Waals surface area contributed by atoms with E-state index in [2.05, 4.69) is 5.32 Å². The molecule has 0 saturated heterocycles. The molecule has 1 fully saturated rings. The molecule has 1 saturated carbocycles. The summed E-state index contributed by atoms with van der Waals surface area (Å²) in [7, 11) is 4.64. The van der Waals surface area contributed by atoms with Crippen molar-refractivity contribution in [1.82, 2.24) is 5.32 Å². The highest BCUT2D eigenvalue weighted by Gasteiger charge is 2.51. The molecule has 94 valence electrons. The van der Waals surface area contributed by atoms with Crippen LogP contribution < -0.4 is 5.32 Å². The molecule has 1 aliphatic rings. The second-order valence-electron chi connectivity index (χ2n) is 4.09. The molecule has 0 aromatic heterocycles. The number of nitrogens with one attached hydrogen (secondary N) is 1. The van der Waals surface area contributed by atoms with Crippen LogP contribution in [0.3, 0.4) is 0 Å². The van der Waals surface area contributed by atoms with Gasteiger partial charge in [-0.3, -0.25) is 5.32 Å². The first-order valence-electron chi connectivity index (χ1n) is 5.52. The van der Waals surface area contributed by atoms with Crippen molar-refractivity contribution in [2.45, 2.75) is 18.4 Å². The van der Waals surface area contributed by atoms with Crippen molar-refractivity contribution < 1.29 is 19.0 Å². The highest BCUT2D eigenvalue weighted by atomic mass is 16.5. The Morgan fingerprint density at radius 1 is 1.31 bits per heavy atom. The third-order valence-corrected chi connectivity index (χ3v) is 2.94. The fourth-order valence-electron chi connectivity index (χ4n) is 1.97. The molecular weight excluding hydrogens is 210 g/mol. The van der Waals surface area contributed by atoms with Gasteiger partial charge in [-0.1, -0.05) is 0 Å². The molecule has 0 amide bonds. The summed E-state index contributed by atoms with van der Waals surface area (Å²) in [6, 6.07) is 0. The summed E-state index contributed by atoms with van der Waals surface area (Å²) in [5.41, 5.74) is -0.692.